The summed E-state index contributed by atoms with van der Waals surface area (Å²) in [7, 11) is 0. The second-order valence-electron chi connectivity index (χ2n) is 6.55. The Morgan fingerprint density at radius 3 is 2.26 bits per heavy atom. The Balaban J connectivity index is 1.69. The van der Waals surface area contributed by atoms with Gasteiger partial charge in [-0.1, -0.05) is 37.6 Å². The summed E-state index contributed by atoms with van der Waals surface area (Å²) in [4.78, 5) is 0. The van der Waals surface area contributed by atoms with Crippen molar-refractivity contribution in [2.24, 2.45) is 0 Å². The van der Waals surface area contributed by atoms with Crippen LogP contribution in [-0.4, -0.2) is 18.7 Å². The molecular weight excluding hydrogens is 367 g/mol. The lowest BCUT2D eigenvalue weighted by Gasteiger charge is -2.29. The van der Waals surface area contributed by atoms with Crippen LogP contribution in [0.3, 0.4) is 0 Å². The van der Waals surface area contributed by atoms with Gasteiger partial charge < -0.3 is 4.74 Å². The van der Waals surface area contributed by atoms with E-state index in [0.29, 0.717) is 18.1 Å². The minimum Gasteiger partial charge on any atom is -0.378 e. The Morgan fingerprint density at radius 1 is 1.04 bits per heavy atom. The summed E-state index contributed by atoms with van der Waals surface area (Å²) in [5.74, 6) is 0.694. The molecule has 0 amide bonds. The Labute approximate surface area is 155 Å². The van der Waals surface area contributed by atoms with Gasteiger partial charge in [-0.25, -0.2) is 0 Å². The monoisotopic (exact) mass is 392 g/mol. The fourth-order valence-electron chi connectivity index (χ4n) is 3.33. The zero-order valence-corrected chi connectivity index (χ0v) is 17.1. The Hall–Kier alpha value is 0.267. The molecule has 1 aromatic carbocycles. The topological polar surface area (TPSA) is 9.23 Å². The molecule has 0 saturated heterocycles. The zero-order valence-electron chi connectivity index (χ0n) is 13.9. The highest BCUT2D eigenvalue weighted by Gasteiger charge is 2.25. The van der Waals surface area contributed by atoms with Crippen LogP contribution >= 0.6 is 33.2 Å². The Bertz CT molecular complexity index is 450. The molecule has 130 valence electrons. The van der Waals surface area contributed by atoms with E-state index in [1.54, 1.807) is 0 Å². The van der Waals surface area contributed by atoms with Crippen LogP contribution in [0.15, 0.2) is 24.3 Å². The van der Waals surface area contributed by atoms with Crippen LogP contribution in [-0.2, 0) is 11.2 Å². The first-order valence-corrected chi connectivity index (χ1v) is 14.0. The number of aryl methyl sites for hydroxylation is 1. The van der Waals surface area contributed by atoms with Crippen molar-refractivity contribution in [2.45, 2.75) is 69.9 Å². The van der Waals surface area contributed by atoms with E-state index in [9.17, 15) is 0 Å². The smallest absolute Gasteiger partial charge is 0.341 e. The van der Waals surface area contributed by atoms with Crippen LogP contribution in [0, 0.1) is 0 Å². The van der Waals surface area contributed by atoms with Crippen molar-refractivity contribution in [2.75, 3.05) is 6.61 Å². The lowest BCUT2D eigenvalue weighted by molar-refractivity contribution is 0.0251. The predicted octanol–water partition coefficient (Wildman–Crippen LogP) is 6.73. The first kappa shape index (κ1) is 19.6. The van der Waals surface area contributed by atoms with Crippen LogP contribution in [0.25, 0.3) is 0 Å². The SMILES string of the molecule is CCCc1ccc(C2CCC(OCCC[Si](Cl)(Cl)Cl)CC2)cc1. The number of ether oxygens (including phenoxy) is 1. The molecule has 1 fully saturated rings. The molecule has 23 heavy (non-hydrogen) atoms. The molecule has 0 bridgehead atoms. The fourth-order valence-corrected chi connectivity index (χ4v) is 5.08. The van der Waals surface area contributed by atoms with Crippen LogP contribution in [0.5, 0.6) is 0 Å². The summed E-state index contributed by atoms with van der Waals surface area (Å²) in [5, 5.41) is 0. The normalized spacial score (nSPS) is 22.3. The molecule has 1 nitrogen and oxygen atoms in total. The quantitative estimate of drug-likeness (QED) is 0.270. The number of hydrogen-bond acceptors (Lipinski definition) is 1. The maximum atomic E-state index is 5.96. The van der Waals surface area contributed by atoms with Gasteiger partial charge in [-0.05, 0) is 61.6 Å². The summed E-state index contributed by atoms with van der Waals surface area (Å²) in [5.41, 5.74) is 2.94. The molecule has 5 heteroatoms. The van der Waals surface area contributed by atoms with Gasteiger partial charge in [0.1, 0.15) is 0 Å². The summed E-state index contributed by atoms with van der Waals surface area (Å²) >= 11 is 17.7. The first-order valence-electron chi connectivity index (χ1n) is 8.75. The average Bonchev–Trinajstić information content (AvgIpc) is 2.52. The van der Waals surface area contributed by atoms with E-state index in [2.05, 4.69) is 31.2 Å². The third-order valence-electron chi connectivity index (χ3n) is 4.62. The molecule has 0 spiro atoms. The summed E-state index contributed by atoms with van der Waals surface area (Å²) in [6, 6.07) is 7.45. The van der Waals surface area contributed by atoms with Gasteiger partial charge in [-0.15, -0.1) is 33.2 Å². The lowest BCUT2D eigenvalue weighted by Crippen LogP contribution is -2.22. The largest absolute Gasteiger partial charge is 0.378 e. The number of hydrogen-bond donors (Lipinski definition) is 0. The van der Waals surface area contributed by atoms with Crippen molar-refractivity contribution in [3.63, 3.8) is 0 Å². The molecule has 1 saturated carbocycles. The highest BCUT2D eigenvalue weighted by atomic mass is 35.8. The molecule has 1 aliphatic rings. The second-order valence-corrected chi connectivity index (χ2v) is 15.8. The summed E-state index contributed by atoms with van der Waals surface area (Å²) in [6.07, 6.45) is 8.37. The van der Waals surface area contributed by atoms with E-state index < -0.39 is 6.00 Å². The Kier molecular flexibility index (Phi) is 8.24. The van der Waals surface area contributed by atoms with E-state index in [0.717, 1.165) is 25.9 Å². The van der Waals surface area contributed by atoms with Gasteiger partial charge in [0.05, 0.1) is 6.10 Å². The molecule has 0 heterocycles. The molecule has 0 atom stereocenters. The van der Waals surface area contributed by atoms with Crippen LogP contribution in [0.4, 0.5) is 0 Å². The molecule has 0 unspecified atom stereocenters. The maximum Gasteiger partial charge on any atom is 0.341 e. The number of benzene rings is 1. The fraction of sp³-hybridized carbons (Fsp3) is 0.667. The van der Waals surface area contributed by atoms with E-state index in [-0.39, 0.29) is 0 Å². The van der Waals surface area contributed by atoms with Crippen molar-refractivity contribution in [1.82, 2.24) is 0 Å². The summed E-state index contributed by atoms with van der Waals surface area (Å²) in [6.45, 7) is 2.95. The third kappa shape index (κ3) is 7.35. The van der Waals surface area contributed by atoms with Gasteiger partial charge in [-0.2, -0.15) is 0 Å². The first-order chi connectivity index (χ1) is 11.0. The molecule has 0 aliphatic heterocycles. The molecule has 2 rings (SSSR count). The standard InChI is InChI=1S/C18H27Cl3OSi/c1-2-4-15-5-7-16(8-6-15)17-9-11-18(12-10-17)22-13-3-14-23(19,20)21/h5-8,17-18H,2-4,9-14H2,1H3. The molecule has 1 aromatic rings. The third-order valence-corrected chi connectivity index (χ3v) is 7.24. The lowest BCUT2D eigenvalue weighted by atomic mass is 9.82. The number of halogens is 3. The zero-order chi connectivity index (χ0) is 16.7. The highest BCUT2D eigenvalue weighted by molar-refractivity contribution is 7.64. The van der Waals surface area contributed by atoms with Crippen LogP contribution in [0.2, 0.25) is 6.04 Å². The van der Waals surface area contributed by atoms with Crippen molar-refractivity contribution in [3.05, 3.63) is 35.4 Å². The molecule has 0 radical (unpaired) electrons. The van der Waals surface area contributed by atoms with Gasteiger partial charge in [0, 0.05) is 6.61 Å². The molecule has 1 aliphatic carbocycles. The molecule has 0 aromatic heterocycles. The minimum absolute atomic E-state index is 0.391. The van der Waals surface area contributed by atoms with Gasteiger partial charge in [0.2, 0.25) is 0 Å². The summed E-state index contributed by atoms with van der Waals surface area (Å²) < 4.78 is 5.96. The van der Waals surface area contributed by atoms with Gasteiger partial charge in [0.15, 0.2) is 0 Å². The molecular formula is C18H27Cl3OSi. The van der Waals surface area contributed by atoms with Crippen LogP contribution in [0.1, 0.15) is 62.5 Å². The van der Waals surface area contributed by atoms with E-state index in [1.165, 1.54) is 36.8 Å². The average molecular weight is 394 g/mol. The van der Waals surface area contributed by atoms with Gasteiger partial charge in [0.25, 0.3) is 0 Å². The minimum atomic E-state index is -2.47. The van der Waals surface area contributed by atoms with E-state index in [1.807, 2.05) is 0 Å². The maximum absolute atomic E-state index is 5.96. The Morgan fingerprint density at radius 2 is 1.70 bits per heavy atom. The number of rotatable bonds is 8. The van der Waals surface area contributed by atoms with E-state index in [4.69, 9.17) is 38.0 Å². The van der Waals surface area contributed by atoms with Crippen molar-refractivity contribution in [3.8, 4) is 0 Å². The van der Waals surface area contributed by atoms with Crippen molar-refractivity contribution >= 4 is 39.2 Å². The highest BCUT2D eigenvalue weighted by Crippen LogP contribution is 2.34. The van der Waals surface area contributed by atoms with Crippen molar-refractivity contribution in [1.29, 1.82) is 0 Å². The van der Waals surface area contributed by atoms with Crippen LogP contribution < -0.4 is 0 Å². The van der Waals surface area contributed by atoms with Gasteiger partial charge >= 0.3 is 6.00 Å². The molecule has 0 N–H and O–H groups in total. The van der Waals surface area contributed by atoms with E-state index >= 15 is 0 Å². The van der Waals surface area contributed by atoms with Crippen molar-refractivity contribution < 1.29 is 4.74 Å². The second kappa shape index (κ2) is 9.67. The predicted molar refractivity (Wildman–Crippen MR) is 104 cm³/mol. The van der Waals surface area contributed by atoms with Gasteiger partial charge in [-0.3, -0.25) is 0 Å².